The molecule has 0 unspecified atom stereocenters. The Kier molecular flexibility index (Phi) is 7.68. The van der Waals surface area contributed by atoms with Crippen molar-refractivity contribution in [1.29, 1.82) is 0 Å². The number of hydrogen-bond donors (Lipinski definition) is 0. The molecule has 0 fully saturated rings. The van der Waals surface area contributed by atoms with Crippen molar-refractivity contribution in [3.8, 4) is 22.6 Å². The topological polar surface area (TPSA) is 43.7 Å². The molecule has 0 bridgehead atoms. The van der Waals surface area contributed by atoms with Crippen LogP contribution in [-0.2, 0) is 6.54 Å². The molecule has 4 aromatic rings. The molecule has 0 atom stereocenters. The third-order valence-electron chi connectivity index (χ3n) is 6.05. The van der Waals surface area contributed by atoms with E-state index in [2.05, 4.69) is 4.74 Å². The van der Waals surface area contributed by atoms with Crippen molar-refractivity contribution in [1.82, 2.24) is 9.47 Å². The number of rotatable bonds is 7. The van der Waals surface area contributed by atoms with Gasteiger partial charge in [0.05, 0.1) is 5.02 Å². The minimum Gasteiger partial charge on any atom is -0.410 e. The van der Waals surface area contributed by atoms with Gasteiger partial charge in [-0.25, -0.2) is 4.79 Å². The van der Waals surface area contributed by atoms with Gasteiger partial charge in [-0.1, -0.05) is 47.5 Å². The standard InChI is InChI=1S/C28H26ClF3N2O3/c1-4-33(5-2)27(35)36-25-13-11-23-21(26(25)20-9-6-18(3)7-10-20)14-15-34(23)17-19-8-12-24(22(29)16-19)37-28(30,31)32/h6-16H,4-5,17H2,1-3H3. The van der Waals surface area contributed by atoms with Crippen LogP contribution >= 0.6 is 11.6 Å². The number of ether oxygens (including phenoxy) is 2. The van der Waals surface area contributed by atoms with E-state index < -0.39 is 18.2 Å². The van der Waals surface area contributed by atoms with Crippen molar-refractivity contribution < 1.29 is 27.4 Å². The highest BCUT2D eigenvalue weighted by Gasteiger charge is 2.32. The van der Waals surface area contributed by atoms with Gasteiger partial charge in [-0.05, 0) is 62.2 Å². The van der Waals surface area contributed by atoms with Gasteiger partial charge in [0.15, 0.2) is 0 Å². The zero-order chi connectivity index (χ0) is 26.7. The molecule has 194 valence electrons. The molecule has 0 aliphatic rings. The van der Waals surface area contributed by atoms with Gasteiger partial charge in [0.1, 0.15) is 11.5 Å². The molecule has 9 heteroatoms. The van der Waals surface area contributed by atoms with E-state index in [4.69, 9.17) is 16.3 Å². The molecule has 0 saturated carbocycles. The lowest BCUT2D eigenvalue weighted by Crippen LogP contribution is -2.33. The van der Waals surface area contributed by atoms with Crippen LogP contribution in [0.15, 0.2) is 66.9 Å². The molecule has 1 aromatic heterocycles. The molecule has 1 amide bonds. The smallest absolute Gasteiger partial charge is 0.410 e. The molecule has 37 heavy (non-hydrogen) atoms. The van der Waals surface area contributed by atoms with Crippen LogP contribution < -0.4 is 9.47 Å². The van der Waals surface area contributed by atoms with E-state index in [1.165, 1.54) is 12.1 Å². The number of aromatic nitrogens is 1. The van der Waals surface area contributed by atoms with Gasteiger partial charge in [-0.3, -0.25) is 0 Å². The number of hydrogen-bond acceptors (Lipinski definition) is 3. The Morgan fingerprint density at radius 2 is 1.65 bits per heavy atom. The maximum Gasteiger partial charge on any atom is 0.573 e. The fraction of sp³-hybridized carbons (Fsp3) is 0.250. The molecule has 4 rings (SSSR count). The van der Waals surface area contributed by atoms with Crippen LogP contribution in [0.4, 0.5) is 18.0 Å². The van der Waals surface area contributed by atoms with Gasteiger partial charge in [0.2, 0.25) is 0 Å². The molecular formula is C28H26ClF3N2O3. The van der Waals surface area contributed by atoms with E-state index in [0.717, 1.165) is 27.6 Å². The molecule has 0 radical (unpaired) electrons. The SMILES string of the molecule is CCN(CC)C(=O)Oc1ccc2c(ccn2Cc2ccc(OC(F)(F)F)c(Cl)c2)c1-c1ccc(C)cc1. The lowest BCUT2D eigenvalue weighted by Gasteiger charge is -2.20. The minimum atomic E-state index is -4.82. The van der Waals surface area contributed by atoms with Crippen molar-refractivity contribution in [3.05, 3.63) is 83.0 Å². The van der Waals surface area contributed by atoms with Crippen LogP contribution in [0, 0.1) is 6.92 Å². The van der Waals surface area contributed by atoms with Crippen LogP contribution in [0.2, 0.25) is 5.02 Å². The summed E-state index contributed by atoms with van der Waals surface area (Å²) in [5, 5.41) is 0.744. The lowest BCUT2D eigenvalue weighted by molar-refractivity contribution is -0.274. The van der Waals surface area contributed by atoms with Gasteiger partial charge in [-0.15, -0.1) is 13.2 Å². The van der Waals surface area contributed by atoms with Crippen LogP contribution in [0.5, 0.6) is 11.5 Å². The minimum absolute atomic E-state index is 0.128. The molecule has 1 heterocycles. The number of amides is 1. The summed E-state index contributed by atoms with van der Waals surface area (Å²) in [6.07, 6.45) is -3.36. The Bertz CT molecular complexity index is 1410. The third kappa shape index (κ3) is 6.02. The maximum absolute atomic E-state index is 12.7. The quantitative estimate of drug-likeness (QED) is 0.243. The third-order valence-corrected chi connectivity index (χ3v) is 6.34. The van der Waals surface area contributed by atoms with Gasteiger partial charge in [0, 0.05) is 42.3 Å². The van der Waals surface area contributed by atoms with E-state index in [9.17, 15) is 18.0 Å². The normalized spacial score (nSPS) is 11.5. The largest absolute Gasteiger partial charge is 0.573 e. The zero-order valence-electron chi connectivity index (χ0n) is 20.6. The first-order chi connectivity index (χ1) is 17.6. The van der Waals surface area contributed by atoms with Crippen LogP contribution in [0.3, 0.4) is 0 Å². The van der Waals surface area contributed by atoms with Crippen molar-refractivity contribution in [2.45, 2.75) is 33.7 Å². The molecule has 0 aliphatic heterocycles. The molecule has 0 spiro atoms. The highest BCUT2D eigenvalue weighted by molar-refractivity contribution is 6.32. The van der Waals surface area contributed by atoms with Crippen molar-refractivity contribution in [2.24, 2.45) is 0 Å². The summed E-state index contributed by atoms with van der Waals surface area (Å²) in [7, 11) is 0. The van der Waals surface area contributed by atoms with Crippen molar-refractivity contribution in [2.75, 3.05) is 13.1 Å². The van der Waals surface area contributed by atoms with Gasteiger partial charge in [-0.2, -0.15) is 0 Å². The Hall–Kier alpha value is -3.65. The second kappa shape index (κ2) is 10.8. The summed E-state index contributed by atoms with van der Waals surface area (Å²) in [6, 6.07) is 17.7. The van der Waals surface area contributed by atoms with Crippen molar-refractivity contribution >= 4 is 28.6 Å². The van der Waals surface area contributed by atoms with Crippen molar-refractivity contribution in [3.63, 3.8) is 0 Å². The number of alkyl halides is 3. The highest BCUT2D eigenvalue weighted by Crippen LogP contribution is 2.39. The van der Waals surface area contributed by atoms with Crippen LogP contribution in [-0.4, -0.2) is 35.0 Å². The molecule has 0 aliphatic carbocycles. The summed E-state index contributed by atoms with van der Waals surface area (Å²) < 4.78 is 49.5. The van der Waals surface area contributed by atoms with Crippen LogP contribution in [0.25, 0.3) is 22.0 Å². The molecule has 3 aromatic carbocycles. The van der Waals surface area contributed by atoms with E-state index in [1.807, 2.05) is 67.9 Å². The van der Waals surface area contributed by atoms with Crippen LogP contribution in [0.1, 0.15) is 25.0 Å². The van der Waals surface area contributed by atoms with E-state index >= 15 is 0 Å². The molecule has 0 saturated heterocycles. The number of carbonyl (C=O) groups is 1. The lowest BCUT2D eigenvalue weighted by atomic mass is 9.99. The molecule has 5 nitrogen and oxygen atoms in total. The summed E-state index contributed by atoms with van der Waals surface area (Å²) in [5.41, 5.74) is 4.35. The Morgan fingerprint density at radius 1 is 0.973 bits per heavy atom. The second-order valence-electron chi connectivity index (χ2n) is 8.53. The predicted octanol–water partition coefficient (Wildman–Crippen LogP) is 8.06. The zero-order valence-corrected chi connectivity index (χ0v) is 21.4. The molecular weight excluding hydrogens is 505 g/mol. The first-order valence-corrected chi connectivity index (χ1v) is 12.2. The summed E-state index contributed by atoms with van der Waals surface area (Å²) >= 11 is 6.04. The first kappa shape index (κ1) is 26.4. The Morgan fingerprint density at radius 3 is 2.27 bits per heavy atom. The monoisotopic (exact) mass is 530 g/mol. The number of fused-ring (bicyclic) bond motifs is 1. The van der Waals surface area contributed by atoms with E-state index in [-0.39, 0.29) is 5.02 Å². The molecule has 0 N–H and O–H groups in total. The first-order valence-electron chi connectivity index (χ1n) is 11.8. The Labute approximate surface area is 218 Å². The second-order valence-corrected chi connectivity index (χ2v) is 8.94. The number of benzene rings is 3. The van der Waals surface area contributed by atoms with E-state index in [0.29, 0.717) is 30.9 Å². The number of nitrogens with zero attached hydrogens (tertiary/aromatic N) is 2. The number of carbonyl (C=O) groups excluding carboxylic acids is 1. The highest BCUT2D eigenvalue weighted by atomic mass is 35.5. The average Bonchev–Trinajstić information content (AvgIpc) is 3.24. The fourth-order valence-electron chi connectivity index (χ4n) is 4.18. The van der Waals surface area contributed by atoms with Gasteiger partial charge in [0.25, 0.3) is 0 Å². The average molecular weight is 531 g/mol. The Balaban J connectivity index is 1.73. The maximum atomic E-state index is 12.7. The summed E-state index contributed by atoms with van der Waals surface area (Å²) in [6.45, 7) is 7.21. The van der Waals surface area contributed by atoms with E-state index in [1.54, 1.807) is 17.0 Å². The summed E-state index contributed by atoms with van der Waals surface area (Å²) in [4.78, 5) is 14.3. The summed E-state index contributed by atoms with van der Waals surface area (Å²) in [5.74, 6) is -0.000650. The number of halogens is 4. The van der Waals surface area contributed by atoms with Gasteiger partial charge >= 0.3 is 12.5 Å². The predicted molar refractivity (Wildman–Crippen MR) is 138 cm³/mol. The number of aryl methyl sites for hydroxylation is 1. The fourth-order valence-corrected chi connectivity index (χ4v) is 4.42. The van der Waals surface area contributed by atoms with Gasteiger partial charge < -0.3 is 18.9 Å².